The number of nitrogens with two attached hydrogens (primary N) is 1. The van der Waals surface area contributed by atoms with Crippen LogP contribution >= 0.6 is 0 Å². The highest BCUT2D eigenvalue weighted by Gasteiger charge is 2.10. The smallest absolute Gasteiger partial charge is 0.234 e. The van der Waals surface area contributed by atoms with Gasteiger partial charge >= 0.3 is 0 Å². The van der Waals surface area contributed by atoms with Crippen LogP contribution in [-0.4, -0.2) is 30.4 Å². The Morgan fingerprint density at radius 1 is 1.37 bits per heavy atom. The Kier molecular flexibility index (Phi) is 6.53. The molecule has 0 saturated carbocycles. The predicted molar refractivity (Wildman–Crippen MR) is 78.6 cm³/mol. The van der Waals surface area contributed by atoms with Crippen molar-refractivity contribution < 1.29 is 4.79 Å². The van der Waals surface area contributed by atoms with Crippen molar-refractivity contribution in [3.8, 4) is 0 Å². The fraction of sp³-hybridized carbons (Fsp3) is 0.533. The zero-order valence-electron chi connectivity index (χ0n) is 12.1. The van der Waals surface area contributed by atoms with E-state index in [9.17, 15) is 4.79 Å². The summed E-state index contributed by atoms with van der Waals surface area (Å²) in [5, 5.41) is 2.97. The first-order valence-corrected chi connectivity index (χ1v) is 6.81. The molecule has 106 valence electrons. The van der Waals surface area contributed by atoms with E-state index in [1.807, 2.05) is 37.1 Å². The van der Waals surface area contributed by atoms with Gasteiger partial charge in [-0.25, -0.2) is 0 Å². The lowest BCUT2D eigenvalue weighted by Crippen LogP contribution is -2.39. The van der Waals surface area contributed by atoms with Crippen molar-refractivity contribution in [2.24, 2.45) is 5.73 Å². The maximum Gasteiger partial charge on any atom is 0.234 e. The summed E-state index contributed by atoms with van der Waals surface area (Å²) < 4.78 is 0. The molecule has 4 nitrogen and oxygen atoms in total. The van der Waals surface area contributed by atoms with E-state index >= 15 is 0 Å². The molecule has 0 aliphatic rings. The zero-order valence-corrected chi connectivity index (χ0v) is 12.1. The largest absolute Gasteiger partial charge is 0.353 e. The van der Waals surface area contributed by atoms with Gasteiger partial charge < -0.3 is 11.1 Å². The number of carbonyl (C=O) groups excluding carboxylic acids is 1. The first-order chi connectivity index (χ1) is 9.06. The van der Waals surface area contributed by atoms with Gasteiger partial charge in [-0.15, -0.1) is 0 Å². The van der Waals surface area contributed by atoms with Gasteiger partial charge in [-0.05, 0) is 31.5 Å². The van der Waals surface area contributed by atoms with Crippen molar-refractivity contribution >= 4 is 5.91 Å². The Hall–Kier alpha value is -1.39. The lowest BCUT2D eigenvalue weighted by molar-refractivity contribution is -0.122. The molecular weight excluding hydrogens is 238 g/mol. The minimum absolute atomic E-state index is 0.0714. The monoisotopic (exact) mass is 263 g/mol. The van der Waals surface area contributed by atoms with Crippen LogP contribution in [0.5, 0.6) is 0 Å². The van der Waals surface area contributed by atoms with E-state index in [1.165, 1.54) is 5.56 Å². The topological polar surface area (TPSA) is 58.4 Å². The number of hydrogen-bond acceptors (Lipinski definition) is 3. The second-order valence-corrected chi connectivity index (χ2v) is 5.02. The van der Waals surface area contributed by atoms with E-state index in [4.69, 9.17) is 5.73 Å². The van der Waals surface area contributed by atoms with E-state index in [1.54, 1.807) is 0 Å². The molecule has 0 spiro atoms. The molecule has 0 aliphatic heterocycles. The summed E-state index contributed by atoms with van der Waals surface area (Å²) in [5.74, 6) is 0.0714. The molecular formula is C15H25N3O. The molecule has 0 saturated heterocycles. The molecule has 1 unspecified atom stereocenters. The van der Waals surface area contributed by atoms with E-state index in [2.05, 4.69) is 18.3 Å². The van der Waals surface area contributed by atoms with Gasteiger partial charge in [-0.3, -0.25) is 9.69 Å². The molecule has 3 N–H and O–H groups in total. The summed E-state index contributed by atoms with van der Waals surface area (Å²) >= 11 is 0. The first-order valence-electron chi connectivity index (χ1n) is 6.81. The molecule has 19 heavy (non-hydrogen) atoms. The molecule has 1 rings (SSSR count). The summed E-state index contributed by atoms with van der Waals surface area (Å²) in [6, 6.07) is 8.31. The molecule has 0 heterocycles. The molecule has 4 heteroatoms. The quantitative estimate of drug-likeness (QED) is 0.783. The summed E-state index contributed by atoms with van der Waals surface area (Å²) in [7, 11) is 1.95. The number of likely N-dealkylation sites (N-methyl/N-ethyl adjacent to an activating group) is 1. The molecule has 0 fully saturated rings. The minimum atomic E-state index is 0.0714. The Morgan fingerprint density at radius 2 is 2.00 bits per heavy atom. The molecule has 1 aromatic rings. The summed E-state index contributed by atoms with van der Waals surface area (Å²) in [6.07, 6.45) is 0.950. The van der Waals surface area contributed by atoms with E-state index in [0.29, 0.717) is 13.1 Å². The number of nitrogens with one attached hydrogen (secondary N) is 1. The fourth-order valence-electron chi connectivity index (χ4n) is 1.93. The molecule has 1 aromatic carbocycles. The Morgan fingerprint density at radius 3 is 2.58 bits per heavy atom. The van der Waals surface area contributed by atoms with Crippen LogP contribution in [-0.2, 0) is 17.9 Å². The van der Waals surface area contributed by atoms with Gasteiger partial charge in [0.2, 0.25) is 5.91 Å². The zero-order chi connectivity index (χ0) is 14.3. The minimum Gasteiger partial charge on any atom is -0.353 e. The van der Waals surface area contributed by atoms with Crippen molar-refractivity contribution in [1.29, 1.82) is 0 Å². The van der Waals surface area contributed by atoms with Gasteiger partial charge in [0.25, 0.3) is 0 Å². The highest BCUT2D eigenvalue weighted by Crippen LogP contribution is 2.10. The molecule has 0 radical (unpaired) electrons. The number of hydrogen-bond donors (Lipinski definition) is 2. The van der Waals surface area contributed by atoms with Crippen LogP contribution in [0.2, 0.25) is 0 Å². The van der Waals surface area contributed by atoms with Crippen LogP contribution in [0.1, 0.15) is 31.4 Å². The van der Waals surface area contributed by atoms with Gasteiger partial charge in [0.1, 0.15) is 0 Å². The predicted octanol–water partition coefficient (Wildman–Crippen LogP) is 1.49. The third-order valence-corrected chi connectivity index (χ3v) is 3.21. The number of carbonyl (C=O) groups is 1. The number of nitrogens with zero attached hydrogens (tertiary/aromatic N) is 1. The van der Waals surface area contributed by atoms with Crippen LogP contribution in [0.4, 0.5) is 0 Å². The van der Waals surface area contributed by atoms with Crippen LogP contribution < -0.4 is 11.1 Å². The Balaban J connectivity index is 2.50. The summed E-state index contributed by atoms with van der Waals surface area (Å²) in [6.45, 7) is 5.75. The maximum absolute atomic E-state index is 11.8. The van der Waals surface area contributed by atoms with Crippen LogP contribution in [0.15, 0.2) is 24.3 Å². The highest BCUT2D eigenvalue weighted by molar-refractivity contribution is 5.78. The van der Waals surface area contributed by atoms with Gasteiger partial charge in [-0.1, -0.05) is 31.2 Å². The molecule has 0 aromatic heterocycles. The molecule has 1 atom stereocenters. The number of rotatable bonds is 7. The van der Waals surface area contributed by atoms with Crippen LogP contribution in [0.3, 0.4) is 0 Å². The second kappa shape index (κ2) is 7.92. The van der Waals surface area contributed by atoms with Crippen LogP contribution in [0, 0.1) is 0 Å². The Labute approximate surface area is 116 Å². The van der Waals surface area contributed by atoms with E-state index in [0.717, 1.165) is 18.5 Å². The van der Waals surface area contributed by atoms with Crippen molar-refractivity contribution in [1.82, 2.24) is 10.2 Å². The molecule has 1 amide bonds. The molecule has 0 aliphatic carbocycles. The van der Waals surface area contributed by atoms with E-state index in [-0.39, 0.29) is 11.9 Å². The van der Waals surface area contributed by atoms with Crippen molar-refractivity contribution in [3.05, 3.63) is 35.4 Å². The van der Waals surface area contributed by atoms with Crippen molar-refractivity contribution in [2.45, 2.75) is 39.4 Å². The molecule has 0 bridgehead atoms. The van der Waals surface area contributed by atoms with Crippen molar-refractivity contribution in [3.63, 3.8) is 0 Å². The van der Waals surface area contributed by atoms with Gasteiger partial charge in [-0.2, -0.15) is 0 Å². The van der Waals surface area contributed by atoms with Gasteiger partial charge in [0, 0.05) is 19.1 Å². The average molecular weight is 263 g/mol. The first kappa shape index (κ1) is 15.7. The van der Waals surface area contributed by atoms with Crippen LogP contribution in [0.25, 0.3) is 0 Å². The highest BCUT2D eigenvalue weighted by atomic mass is 16.2. The number of benzene rings is 1. The lowest BCUT2D eigenvalue weighted by Gasteiger charge is -2.19. The third-order valence-electron chi connectivity index (χ3n) is 3.21. The summed E-state index contributed by atoms with van der Waals surface area (Å²) in [5.41, 5.74) is 8.03. The SMILES string of the molecule is CCC(C)NC(=O)CN(C)Cc1ccccc1CN. The van der Waals surface area contributed by atoms with E-state index < -0.39 is 0 Å². The average Bonchev–Trinajstić information content (AvgIpc) is 2.38. The normalized spacial score (nSPS) is 12.5. The van der Waals surface area contributed by atoms with Gasteiger partial charge in [0.15, 0.2) is 0 Å². The standard InChI is InChI=1S/C15H25N3O/c1-4-12(2)17-15(19)11-18(3)10-14-8-6-5-7-13(14)9-16/h5-8,12H,4,9-11,16H2,1-3H3,(H,17,19). The summed E-state index contributed by atoms with van der Waals surface area (Å²) in [4.78, 5) is 13.8. The lowest BCUT2D eigenvalue weighted by atomic mass is 10.1. The van der Waals surface area contributed by atoms with Gasteiger partial charge in [0.05, 0.1) is 6.54 Å². The maximum atomic E-state index is 11.8. The third kappa shape index (κ3) is 5.41. The second-order valence-electron chi connectivity index (χ2n) is 5.02. The number of amides is 1. The fourth-order valence-corrected chi connectivity index (χ4v) is 1.93. The van der Waals surface area contributed by atoms with Crippen molar-refractivity contribution in [2.75, 3.05) is 13.6 Å². The Bertz CT molecular complexity index is 406.